The summed E-state index contributed by atoms with van der Waals surface area (Å²) in [5.41, 5.74) is 1.74. The number of amides is 2. The molecule has 3 nitrogen and oxygen atoms in total. The molecule has 0 aromatic heterocycles. The Morgan fingerprint density at radius 1 is 0.812 bits per heavy atom. The average molecular weight is 438 g/mol. The lowest BCUT2D eigenvalue weighted by Gasteiger charge is -2.41. The molecule has 6 heteroatoms. The fourth-order valence-electron chi connectivity index (χ4n) is 4.64. The van der Waals surface area contributed by atoms with Crippen LogP contribution in [-0.2, 0) is 11.6 Å². The number of anilines is 1. The van der Waals surface area contributed by atoms with Crippen LogP contribution in [0.3, 0.4) is 0 Å². The molecule has 0 saturated heterocycles. The number of benzene rings is 3. The van der Waals surface area contributed by atoms with Crippen LogP contribution in [0.15, 0.2) is 84.9 Å². The lowest BCUT2D eigenvalue weighted by atomic mass is 9.64. The van der Waals surface area contributed by atoms with Crippen molar-refractivity contribution in [3.63, 3.8) is 0 Å². The van der Waals surface area contributed by atoms with Gasteiger partial charge in [0.15, 0.2) is 0 Å². The first-order valence-corrected chi connectivity index (χ1v) is 10.7. The number of urea groups is 1. The fraction of sp³-hybridized carbons (Fsp3) is 0.269. The molecule has 0 heterocycles. The molecule has 2 N–H and O–H groups in total. The van der Waals surface area contributed by atoms with E-state index >= 15 is 0 Å². The van der Waals surface area contributed by atoms with Gasteiger partial charge >= 0.3 is 12.2 Å². The molecule has 1 saturated carbocycles. The summed E-state index contributed by atoms with van der Waals surface area (Å²) in [5, 5.41) is 5.47. The number of nitrogens with one attached hydrogen (secondary N) is 2. The van der Waals surface area contributed by atoms with Gasteiger partial charge < -0.3 is 10.6 Å². The van der Waals surface area contributed by atoms with Gasteiger partial charge in [-0.25, -0.2) is 4.79 Å². The number of halogens is 3. The highest BCUT2D eigenvalue weighted by Crippen LogP contribution is 2.44. The van der Waals surface area contributed by atoms with E-state index in [1.807, 2.05) is 36.4 Å². The normalized spacial score (nSPS) is 16.3. The number of carbonyl (C=O) groups excluding carboxylic acids is 1. The molecule has 0 aliphatic heterocycles. The molecule has 32 heavy (non-hydrogen) atoms. The van der Waals surface area contributed by atoms with Gasteiger partial charge in [-0.05, 0) is 55.0 Å². The Bertz CT molecular complexity index is 1000. The second-order valence-corrected chi connectivity index (χ2v) is 8.27. The van der Waals surface area contributed by atoms with Crippen molar-refractivity contribution >= 4 is 11.7 Å². The van der Waals surface area contributed by atoms with Crippen molar-refractivity contribution in [2.45, 2.75) is 43.3 Å². The highest BCUT2D eigenvalue weighted by atomic mass is 19.4. The summed E-state index contributed by atoms with van der Waals surface area (Å²) in [4.78, 5) is 12.4. The van der Waals surface area contributed by atoms with E-state index in [0.717, 1.165) is 37.8 Å². The van der Waals surface area contributed by atoms with Gasteiger partial charge in [0.25, 0.3) is 0 Å². The molecule has 4 rings (SSSR count). The SMILES string of the molecule is O=C(Nc1cccc(C(F)(F)F)c1)NC1CCC(c2ccccc2)(c2ccccc2)CC1. The second kappa shape index (κ2) is 9.07. The van der Waals surface area contributed by atoms with E-state index in [4.69, 9.17) is 0 Å². The molecule has 166 valence electrons. The van der Waals surface area contributed by atoms with Crippen molar-refractivity contribution < 1.29 is 18.0 Å². The minimum absolute atomic E-state index is 0.0404. The second-order valence-electron chi connectivity index (χ2n) is 8.27. The van der Waals surface area contributed by atoms with Crippen molar-refractivity contribution in [1.82, 2.24) is 5.32 Å². The molecular formula is C26H25F3N2O. The monoisotopic (exact) mass is 438 g/mol. The third kappa shape index (κ3) is 4.79. The Morgan fingerprint density at radius 2 is 1.38 bits per heavy atom. The third-order valence-electron chi connectivity index (χ3n) is 6.27. The van der Waals surface area contributed by atoms with Crippen molar-refractivity contribution in [3.8, 4) is 0 Å². The predicted molar refractivity (Wildman–Crippen MR) is 120 cm³/mol. The molecule has 3 aromatic rings. The van der Waals surface area contributed by atoms with E-state index < -0.39 is 17.8 Å². The number of rotatable bonds is 4. The molecule has 3 aromatic carbocycles. The Labute approximate surface area is 185 Å². The molecule has 0 bridgehead atoms. The van der Waals surface area contributed by atoms with Gasteiger partial charge in [0.05, 0.1) is 5.56 Å². The van der Waals surface area contributed by atoms with E-state index in [-0.39, 0.29) is 17.1 Å². The predicted octanol–water partition coefficient (Wildman–Crippen LogP) is 6.76. The minimum Gasteiger partial charge on any atom is -0.335 e. The average Bonchev–Trinajstić information content (AvgIpc) is 2.80. The molecule has 1 aliphatic rings. The van der Waals surface area contributed by atoms with E-state index in [1.165, 1.54) is 23.3 Å². The zero-order chi connectivity index (χ0) is 22.6. The first-order chi connectivity index (χ1) is 15.4. The molecular weight excluding hydrogens is 413 g/mol. The standard InChI is InChI=1S/C26H25F3N2O/c27-26(28,29)21-12-7-13-23(18-21)31-24(32)30-22-14-16-25(17-15-22,19-8-3-1-4-9-19)20-10-5-2-6-11-20/h1-13,18,22H,14-17H2,(H2,30,31,32). The fourth-order valence-corrected chi connectivity index (χ4v) is 4.64. The summed E-state index contributed by atoms with van der Waals surface area (Å²) in [6.45, 7) is 0. The molecule has 0 atom stereocenters. The van der Waals surface area contributed by atoms with Crippen LogP contribution in [0.4, 0.5) is 23.7 Å². The van der Waals surface area contributed by atoms with Crippen LogP contribution in [0.5, 0.6) is 0 Å². The van der Waals surface area contributed by atoms with E-state index in [9.17, 15) is 18.0 Å². The Hall–Kier alpha value is -3.28. The van der Waals surface area contributed by atoms with Crippen molar-refractivity contribution in [2.75, 3.05) is 5.32 Å². The van der Waals surface area contributed by atoms with Gasteiger partial charge in [0.2, 0.25) is 0 Å². The van der Waals surface area contributed by atoms with Gasteiger partial charge in [0, 0.05) is 17.1 Å². The smallest absolute Gasteiger partial charge is 0.335 e. The lowest BCUT2D eigenvalue weighted by Crippen LogP contribution is -2.44. The van der Waals surface area contributed by atoms with Crippen LogP contribution in [0.2, 0.25) is 0 Å². The van der Waals surface area contributed by atoms with Gasteiger partial charge in [-0.2, -0.15) is 13.2 Å². The maximum atomic E-state index is 12.9. The number of hydrogen-bond donors (Lipinski definition) is 2. The molecule has 0 unspecified atom stereocenters. The zero-order valence-corrected chi connectivity index (χ0v) is 17.5. The summed E-state index contributed by atoms with van der Waals surface area (Å²) in [5.74, 6) is 0. The van der Waals surface area contributed by atoms with Gasteiger partial charge in [-0.1, -0.05) is 66.7 Å². The highest BCUT2D eigenvalue weighted by molar-refractivity contribution is 5.89. The lowest BCUT2D eigenvalue weighted by molar-refractivity contribution is -0.137. The quantitative estimate of drug-likeness (QED) is 0.464. The maximum Gasteiger partial charge on any atom is 0.416 e. The summed E-state index contributed by atoms with van der Waals surface area (Å²) in [6.07, 6.45) is -1.15. The van der Waals surface area contributed by atoms with Crippen LogP contribution in [0.1, 0.15) is 42.4 Å². The molecule has 0 spiro atoms. The number of hydrogen-bond acceptors (Lipinski definition) is 1. The van der Waals surface area contributed by atoms with Gasteiger partial charge in [-0.3, -0.25) is 0 Å². The topological polar surface area (TPSA) is 41.1 Å². The Morgan fingerprint density at radius 3 is 1.91 bits per heavy atom. The molecule has 2 amide bonds. The Balaban J connectivity index is 1.43. The van der Waals surface area contributed by atoms with Crippen LogP contribution in [0.25, 0.3) is 0 Å². The first kappa shape index (κ1) is 21.9. The maximum absolute atomic E-state index is 12.9. The van der Waals surface area contributed by atoms with E-state index in [0.29, 0.717) is 0 Å². The van der Waals surface area contributed by atoms with Crippen LogP contribution >= 0.6 is 0 Å². The molecule has 0 radical (unpaired) electrons. The third-order valence-corrected chi connectivity index (χ3v) is 6.27. The van der Waals surface area contributed by atoms with E-state index in [2.05, 4.69) is 34.9 Å². The van der Waals surface area contributed by atoms with Crippen molar-refractivity contribution in [1.29, 1.82) is 0 Å². The Kier molecular flexibility index (Phi) is 6.21. The highest BCUT2D eigenvalue weighted by Gasteiger charge is 2.38. The number of alkyl halides is 3. The summed E-state index contributed by atoms with van der Waals surface area (Å²) in [7, 11) is 0. The number of carbonyl (C=O) groups is 1. The van der Waals surface area contributed by atoms with E-state index in [1.54, 1.807) is 0 Å². The molecule has 1 aliphatic carbocycles. The first-order valence-electron chi connectivity index (χ1n) is 10.7. The van der Waals surface area contributed by atoms with Crippen LogP contribution < -0.4 is 10.6 Å². The summed E-state index contributed by atoms with van der Waals surface area (Å²) in [6, 6.07) is 25.0. The largest absolute Gasteiger partial charge is 0.416 e. The van der Waals surface area contributed by atoms with Crippen LogP contribution in [-0.4, -0.2) is 12.1 Å². The summed E-state index contributed by atoms with van der Waals surface area (Å²) >= 11 is 0. The van der Waals surface area contributed by atoms with Crippen molar-refractivity contribution in [2.24, 2.45) is 0 Å². The summed E-state index contributed by atoms with van der Waals surface area (Å²) < 4.78 is 38.7. The molecule has 1 fully saturated rings. The van der Waals surface area contributed by atoms with Gasteiger partial charge in [0.1, 0.15) is 0 Å². The minimum atomic E-state index is -4.45. The van der Waals surface area contributed by atoms with Crippen LogP contribution in [0, 0.1) is 0 Å². The van der Waals surface area contributed by atoms with Crippen molar-refractivity contribution in [3.05, 3.63) is 102 Å². The van der Waals surface area contributed by atoms with Gasteiger partial charge in [-0.15, -0.1) is 0 Å². The zero-order valence-electron chi connectivity index (χ0n) is 17.5.